The van der Waals surface area contributed by atoms with Gasteiger partial charge in [0.2, 0.25) is 0 Å². The molecule has 3 aromatic carbocycles. The Morgan fingerprint density at radius 3 is 1.55 bits per heavy atom. The summed E-state index contributed by atoms with van der Waals surface area (Å²) in [6.45, 7) is 2.09. The van der Waals surface area contributed by atoms with Gasteiger partial charge in [0, 0.05) is 40.4 Å². The summed E-state index contributed by atoms with van der Waals surface area (Å²) in [5.74, 6) is 0. The van der Waals surface area contributed by atoms with E-state index in [9.17, 15) is 0 Å². The first kappa shape index (κ1) is 17.0. The van der Waals surface area contributed by atoms with Crippen molar-refractivity contribution in [1.29, 1.82) is 0 Å². The molecule has 0 amide bonds. The summed E-state index contributed by atoms with van der Waals surface area (Å²) in [7, 11) is 0. The fourth-order valence-corrected chi connectivity index (χ4v) is 2.24. The molecule has 110 valence electrons. The molecule has 3 rings (SSSR count). The van der Waals surface area contributed by atoms with Gasteiger partial charge in [-0.25, -0.2) is 6.04 Å². The molecule has 0 aliphatic heterocycles. The molecule has 1 nitrogen and oxygen atoms in total. The molecule has 0 aliphatic rings. The zero-order chi connectivity index (χ0) is 14.5. The normalized spacial score (nSPS) is 9.68. The summed E-state index contributed by atoms with van der Waals surface area (Å²) < 4.78 is 0. The van der Waals surface area contributed by atoms with E-state index >= 15 is 0 Å². The van der Waals surface area contributed by atoms with Crippen molar-refractivity contribution in [2.45, 2.75) is 6.92 Å². The number of aryl methyl sites for hydroxylation is 1. The van der Waals surface area contributed by atoms with Gasteiger partial charge in [-0.3, -0.25) is 0 Å². The quantitative estimate of drug-likeness (QED) is 0.485. The Balaban J connectivity index is 0.00000176. The van der Waals surface area contributed by atoms with Gasteiger partial charge in [0.05, 0.1) is 0 Å². The van der Waals surface area contributed by atoms with E-state index in [1.165, 1.54) is 5.56 Å². The predicted octanol–water partition coefficient (Wildman–Crippen LogP) is 5.63. The first-order chi connectivity index (χ1) is 10.3. The number of hydrogen-bond acceptors (Lipinski definition) is 0. The van der Waals surface area contributed by atoms with Crippen molar-refractivity contribution >= 4 is 5.69 Å². The van der Waals surface area contributed by atoms with Crippen molar-refractivity contribution in [3.8, 4) is 0 Å². The van der Waals surface area contributed by atoms with Crippen molar-refractivity contribution in [1.82, 2.24) is 0 Å². The van der Waals surface area contributed by atoms with E-state index in [0.717, 1.165) is 22.9 Å². The second-order valence-corrected chi connectivity index (χ2v) is 5.03. The van der Waals surface area contributed by atoms with Crippen LogP contribution in [-0.2, 0) is 0 Å². The van der Waals surface area contributed by atoms with Gasteiger partial charge in [0.15, 0.2) is 0 Å². The standard InChI is InChI=1S/C20H17N.Sm/c1-16-12-14-19(15-13-16)21-20(17-8-4-2-5-9-17)18-10-6-3-7-11-18;/h2-15H,1H3;/q-2;. The third kappa shape index (κ3) is 4.33. The average Bonchev–Trinajstić information content (AvgIpc) is 2.56. The molecule has 2 heteroatoms. The van der Waals surface area contributed by atoms with Gasteiger partial charge >= 0.3 is 0 Å². The van der Waals surface area contributed by atoms with E-state index < -0.39 is 0 Å². The molecule has 0 unspecified atom stereocenters. The molecular formula is C20H17NSm-2. The molecule has 0 saturated carbocycles. The van der Waals surface area contributed by atoms with Crippen LogP contribution in [0.3, 0.4) is 0 Å². The SMILES string of the molecule is Cc1ccc([N-][C-](c2ccccc2)c2ccccc2)cc1.[Sm]. The molecule has 0 spiro atoms. The third-order valence-electron chi connectivity index (χ3n) is 3.37. The van der Waals surface area contributed by atoms with E-state index in [-0.39, 0.29) is 40.4 Å². The van der Waals surface area contributed by atoms with Crippen LogP contribution in [0, 0.1) is 53.4 Å². The number of nitrogens with zero attached hydrogens (tertiary/aromatic N) is 1. The van der Waals surface area contributed by atoms with E-state index in [2.05, 4.69) is 55.5 Å². The Morgan fingerprint density at radius 1 is 0.636 bits per heavy atom. The van der Waals surface area contributed by atoms with Crippen LogP contribution in [0.15, 0.2) is 84.9 Å². The minimum absolute atomic E-state index is 0. The van der Waals surface area contributed by atoms with E-state index in [0.29, 0.717) is 0 Å². The van der Waals surface area contributed by atoms with Gasteiger partial charge in [-0.1, -0.05) is 66.2 Å². The molecule has 0 radical (unpaired) electrons. The van der Waals surface area contributed by atoms with Gasteiger partial charge in [0.25, 0.3) is 0 Å². The van der Waals surface area contributed by atoms with Crippen LogP contribution in [-0.4, -0.2) is 0 Å². The maximum absolute atomic E-state index is 4.86. The Kier molecular flexibility index (Phi) is 6.46. The summed E-state index contributed by atoms with van der Waals surface area (Å²) in [5.41, 5.74) is 4.48. The summed E-state index contributed by atoms with van der Waals surface area (Å²) in [6.07, 6.45) is 0. The smallest absolute Gasteiger partial charge is 0 e. The second kappa shape index (κ2) is 8.34. The average molecular weight is 422 g/mol. The largest absolute Gasteiger partial charge is 0.693 e. The molecule has 3 aromatic rings. The molecule has 0 aliphatic carbocycles. The fourth-order valence-electron chi connectivity index (χ4n) is 2.24. The van der Waals surface area contributed by atoms with E-state index in [1.807, 2.05) is 36.4 Å². The van der Waals surface area contributed by atoms with Crippen LogP contribution in [0.5, 0.6) is 0 Å². The zero-order valence-electron chi connectivity index (χ0n) is 12.4. The van der Waals surface area contributed by atoms with Crippen LogP contribution in [0.2, 0.25) is 0 Å². The van der Waals surface area contributed by atoms with Crippen molar-refractivity contribution in [2.75, 3.05) is 0 Å². The van der Waals surface area contributed by atoms with E-state index in [1.54, 1.807) is 0 Å². The van der Waals surface area contributed by atoms with Gasteiger partial charge < -0.3 is 5.32 Å². The Bertz CT molecular complexity index is 638. The van der Waals surface area contributed by atoms with Crippen LogP contribution in [0.4, 0.5) is 5.69 Å². The molecule has 0 atom stereocenters. The topological polar surface area (TPSA) is 14.1 Å². The predicted molar refractivity (Wildman–Crippen MR) is 88.5 cm³/mol. The maximum atomic E-state index is 4.86. The molecule has 0 bridgehead atoms. The Labute approximate surface area is 164 Å². The van der Waals surface area contributed by atoms with Crippen molar-refractivity contribution in [3.63, 3.8) is 0 Å². The van der Waals surface area contributed by atoms with Crippen molar-refractivity contribution in [3.05, 3.63) is 113 Å². The minimum Gasteiger partial charge on any atom is -0.693 e. The summed E-state index contributed by atoms with van der Waals surface area (Å²) in [5, 5.41) is 4.86. The van der Waals surface area contributed by atoms with Gasteiger partial charge in [0.1, 0.15) is 0 Å². The van der Waals surface area contributed by atoms with Gasteiger partial charge in [-0.15, -0.1) is 41.1 Å². The molecule has 0 N–H and O–H groups in total. The van der Waals surface area contributed by atoms with Crippen LogP contribution < -0.4 is 0 Å². The van der Waals surface area contributed by atoms with E-state index in [4.69, 9.17) is 5.32 Å². The number of benzene rings is 3. The molecule has 22 heavy (non-hydrogen) atoms. The van der Waals surface area contributed by atoms with Crippen LogP contribution in [0.25, 0.3) is 5.32 Å². The molecular weight excluding hydrogens is 405 g/mol. The van der Waals surface area contributed by atoms with Gasteiger partial charge in [-0.2, -0.15) is 0 Å². The number of hydrogen-bond donors (Lipinski definition) is 0. The van der Waals surface area contributed by atoms with Crippen LogP contribution >= 0.6 is 0 Å². The number of rotatable bonds is 4. The minimum atomic E-state index is 0. The van der Waals surface area contributed by atoms with Crippen molar-refractivity contribution < 1.29 is 40.4 Å². The monoisotopic (exact) mass is 423 g/mol. The second-order valence-electron chi connectivity index (χ2n) is 5.03. The van der Waals surface area contributed by atoms with Crippen molar-refractivity contribution in [2.24, 2.45) is 0 Å². The van der Waals surface area contributed by atoms with Crippen LogP contribution in [0.1, 0.15) is 16.7 Å². The zero-order valence-corrected chi connectivity index (χ0v) is 15.1. The van der Waals surface area contributed by atoms with Gasteiger partial charge in [-0.05, 0) is 6.92 Å². The first-order valence-corrected chi connectivity index (χ1v) is 7.09. The first-order valence-electron chi connectivity index (χ1n) is 7.09. The fraction of sp³-hybridized carbons (Fsp3) is 0.0500. The molecule has 0 saturated heterocycles. The Hall–Kier alpha value is -1.33. The molecule has 0 fully saturated rings. The summed E-state index contributed by atoms with van der Waals surface area (Å²) >= 11 is 0. The Morgan fingerprint density at radius 2 is 1.09 bits per heavy atom. The maximum Gasteiger partial charge on any atom is 0 e. The third-order valence-corrected chi connectivity index (χ3v) is 3.37. The summed E-state index contributed by atoms with van der Waals surface area (Å²) in [4.78, 5) is 0. The summed E-state index contributed by atoms with van der Waals surface area (Å²) in [6, 6.07) is 29.9. The molecule has 0 aromatic heterocycles. The molecule has 0 heterocycles.